The third kappa shape index (κ3) is 5.96. The molecular weight excluding hydrogens is 414 g/mol. The predicted octanol–water partition coefficient (Wildman–Crippen LogP) is -2.31. The van der Waals surface area contributed by atoms with Gasteiger partial charge in [-0.3, -0.25) is 9.59 Å². The molecule has 1 fully saturated rings. The van der Waals surface area contributed by atoms with Crippen molar-refractivity contribution in [2.45, 2.75) is 69.1 Å². The summed E-state index contributed by atoms with van der Waals surface area (Å²) in [4.78, 5) is 37.7. The molecule has 7 atom stereocenters. The predicted molar refractivity (Wildman–Crippen MR) is 96.3 cm³/mol. The van der Waals surface area contributed by atoms with Gasteiger partial charge in [-0.05, 0) is 6.42 Å². The lowest BCUT2D eigenvalue weighted by Crippen LogP contribution is -2.71. The van der Waals surface area contributed by atoms with E-state index in [1.165, 1.54) is 0 Å². The molecule has 8 N–H and O–H groups in total. The van der Waals surface area contributed by atoms with E-state index in [0.717, 1.165) is 6.92 Å². The van der Waals surface area contributed by atoms with Gasteiger partial charge >= 0.3 is 17.8 Å². The number of nitrogens with zero attached hydrogens (tertiary/aromatic N) is 1. The van der Waals surface area contributed by atoms with E-state index in [1.807, 2.05) is 0 Å². The lowest BCUT2D eigenvalue weighted by atomic mass is 9.86. The highest BCUT2D eigenvalue weighted by Gasteiger charge is 2.63. The first kappa shape index (κ1) is 25.5. The normalized spacial score (nSPS) is 30.6. The molecule has 0 aromatic heterocycles. The van der Waals surface area contributed by atoms with Crippen LogP contribution in [-0.2, 0) is 23.9 Å². The number of carbonyl (C=O) groups is 3. The maximum atomic E-state index is 14.8. The third-order valence-corrected chi connectivity index (χ3v) is 4.24. The van der Waals surface area contributed by atoms with Gasteiger partial charge in [-0.15, -0.1) is 0 Å². The molecule has 172 valence electrons. The molecule has 1 saturated heterocycles. The maximum absolute atomic E-state index is 14.8. The van der Waals surface area contributed by atoms with Crippen LogP contribution in [0.5, 0.6) is 0 Å². The average Bonchev–Trinajstić information content (AvgIpc) is 2.64. The van der Waals surface area contributed by atoms with Gasteiger partial charge in [-0.25, -0.2) is 14.2 Å². The van der Waals surface area contributed by atoms with Crippen LogP contribution < -0.4 is 16.8 Å². The second kappa shape index (κ2) is 10.4. The van der Waals surface area contributed by atoms with E-state index in [2.05, 4.69) is 15.0 Å². The highest BCUT2D eigenvalue weighted by molar-refractivity contribution is 5.79. The van der Waals surface area contributed by atoms with Gasteiger partial charge in [0, 0.05) is 13.3 Å². The number of alkyl halides is 2. The van der Waals surface area contributed by atoms with Crippen molar-refractivity contribution in [3.63, 3.8) is 0 Å². The molecule has 0 aliphatic carbocycles. The Labute approximate surface area is 170 Å². The van der Waals surface area contributed by atoms with Crippen molar-refractivity contribution in [3.8, 4) is 0 Å². The van der Waals surface area contributed by atoms with Crippen LogP contribution >= 0.6 is 0 Å². The zero-order chi connectivity index (χ0) is 23.2. The fraction of sp³-hybridized carbons (Fsp3) is 0.750. The van der Waals surface area contributed by atoms with E-state index in [1.54, 1.807) is 6.92 Å². The topological polar surface area (TPSA) is 207 Å². The van der Waals surface area contributed by atoms with Gasteiger partial charge in [-0.1, -0.05) is 6.92 Å². The van der Waals surface area contributed by atoms with Crippen LogP contribution in [0.2, 0.25) is 0 Å². The van der Waals surface area contributed by atoms with Crippen LogP contribution in [0, 0.1) is 0 Å². The Hall–Kier alpha value is -2.58. The van der Waals surface area contributed by atoms with Crippen LogP contribution in [0.4, 0.5) is 8.78 Å². The van der Waals surface area contributed by atoms with Crippen molar-refractivity contribution in [1.82, 2.24) is 5.32 Å². The highest BCUT2D eigenvalue weighted by atomic mass is 19.2. The van der Waals surface area contributed by atoms with Crippen molar-refractivity contribution >= 4 is 23.8 Å². The second-order valence-corrected chi connectivity index (χ2v) is 6.70. The number of rotatable bonds is 9. The van der Waals surface area contributed by atoms with Crippen LogP contribution in [0.25, 0.3) is 0 Å². The van der Waals surface area contributed by atoms with Crippen LogP contribution in [-0.4, -0.2) is 88.2 Å². The smallest absolute Gasteiger partial charge is 0.372 e. The molecule has 0 saturated carbocycles. The third-order valence-electron chi connectivity index (χ3n) is 4.24. The number of aliphatic carboxylic acids is 1. The SMILES string of the molecule is CCCC(=O)OC[C@@H](O)[C@@H](O)C1O[C@@](F)(C(=O)O)C(F)C(N=C(N)N)C1NC(C)=O. The lowest BCUT2D eigenvalue weighted by Gasteiger charge is -2.45. The number of hydrogen-bond acceptors (Lipinski definition) is 8. The quantitative estimate of drug-likeness (QED) is 0.128. The van der Waals surface area contributed by atoms with Gasteiger partial charge in [0.1, 0.15) is 31.0 Å². The monoisotopic (exact) mass is 440 g/mol. The number of amides is 1. The number of halogens is 2. The van der Waals surface area contributed by atoms with Gasteiger partial charge in [0.15, 0.2) is 12.1 Å². The summed E-state index contributed by atoms with van der Waals surface area (Å²) in [5.41, 5.74) is 10.4. The number of nitrogens with two attached hydrogens (primary N) is 2. The number of aliphatic hydroxyl groups is 2. The van der Waals surface area contributed by atoms with Gasteiger partial charge in [0.05, 0.1) is 6.04 Å². The minimum Gasteiger partial charge on any atom is -0.477 e. The average molecular weight is 440 g/mol. The summed E-state index contributed by atoms with van der Waals surface area (Å²) < 4.78 is 39.0. The highest BCUT2D eigenvalue weighted by Crippen LogP contribution is 2.37. The molecule has 30 heavy (non-hydrogen) atoms. The summed E-state index contributed by atoms with van der Waals surface area (Å²) in [6.07, 6.45) is -8.57. The van der Waals surface area contributed by atoms with Crippen LogP contribution in [0.3, 0.4) is 0 Å². The van der Waals surface area contributed by atoms with Gasteiger partial charge in [-0.2, -0.15) is 4.39 Å². The fourth-order valence-electron chi connectivity index (χ4n) is 2.88. The lowest BCUT2D eigenvalue weighted by molar-refractivity contribution is -0.276. The Kier molecular flexibility index (Phi) is 8.87. The Morgan fingerprint density at radius 2 is 1.93 bits per heavy atom. The molecule has 1 heterocycles. The molecule has 0 bridgehead atoms. The van der Waals surface area contributed by atoms with E-state index in [4.69, 9.17) is 21.3 Å². The Balaban J connectivity index is 3.27. The minimum atomic E-state index is -4.01. The molecule has 4 unspecified atom stereocenters. The molecule has 1 aliphatic heterocycles. The fourth-order valence-corrected chi connectivity index (χ4v) is 2.88. The summed E-state index contributed by atoms with van der Waals surface area (Å²) in [5.74, 6) is -8.64. The largest absolute Gasteiger partial charge is 0.477 e. The molecule has 0 aromatic carbocycles. The first-order valence-corrected chi connectivity index (χ1v) is 8.96. The number of esters is 1. The molecule has 0 aromatic rings. The van der Waals surface area contributed by atoms with E-state index in [0.29, 0.717) is 6.42 Å². The number of hydrogen-bond donors (Lipinski definition) is 6. The van der Waals surface area contributed by atoms with Crippen molar-refractivity contribution in [3.05, 3.63) is 0 Å². The van der Waals surface area contributed by atoms with Crippen molar-refractivity contribution < 1.29 is 48.0 Å². The maximum Gasteiger partial charge on any atom is 0.372 e. The number of ether oxygens (including phenoxy) is 2. The summed E-state index contributed by atoms with van der Waals surface area (Å²) in [7, 11) is 0. The first-order valence-electron chi connectivity index (χ1n) is 8.96. The molecular formula is C16H26F2N4O8. The molecule has 1 rings (SSSR count). The first-order chi connectivity index (χ1) is 13.8. The second-order valence-electron chi connectivity index (χ2n) is 6.70. The van der Waals surface area contributed by atoms with Crippen molar-refractivity contribution in [2.75, 3.05) is 6.61 Å². The number of carboxylic acid groups (broad SMARTS) is 1. The van der Waals surface area contributed by atoms with E-state index in [9.17, 15) is 33.4 Å². The summed E-state index contributed by atoms with van der Waals surface area (Å²) in [6.45, 7) is 1.94. The standard InChI is InChI=1S/C16H26F2N4O8/c1-3-4-8(25)29-5-7(24)11(26)12-9(21-6(2)23)10(22-15(19)20)13(17)16(18,30-12)14(27)28/h7,9-13,24,26H,3-5H2,1-2H3,(H,21,23)(H,27,28)(H4,19,20,22)/t7-,9?,10?,11-,12?,13?,16-/m1/s1. The molecule has 1 amide bonds. The number of carboxylic acids is 1. The van der Waals surface area contributed by atoms with E-state index in [-0.39, 0.29) is 6.42 Å². The molecule has 12 nitrogen and oxygen atoms in total. The van der Waals surface area contributed by atoms with E-state index >= 15 is 0 Å². The van der Waals surface area contributed by atoms with Crippen LogP contribution in [0.15, 0.2) is 4.99 Å². The summed E-state index contributed by atoms with van der Waals surface area (Å²) >= 11 is 0. The number of carbonyl (C=O) groups excluding carboxylic acids is 2. The Morgan fingerprint density at radius 1 is 1.33 bits per heavy atom. The van der Waals surface area contributed by atoms with Gasteiger partial charge in [0.25, 0.3) is 0 Å². The number of guanidine groups is 1. The number of aliphatic imine (C=N–C) groups is 1. The molecule has 0 radical (unpaired) electrons. The molecule has 1 aliphatic rings. The number of nitrogens with one attached hydrogen (secondary N) is 1. The Bertz CT molecular complexity index is 678. The van der Waals surface area contributed by atoms with Crippen molar-refractivity contribution in [1.29, 1.82) is 0 Å². The summed E-state index contributed by atoms with van der Waals surface area (Å²) in [6, 6.07) is -3.71. The Morgan fingerprint density at radius 3 is 2.40 bits per heavy atom. The number of aliphatic hydroxyl groups excluding tert-OH is 2. The zero-order valence-electron chi connectivity index (χ0n) is 16.3. The zero-order valence-corrected chi connectivity index (χ0v) is 16.3. The minimum absolute atomic E-state index is 0.0277. The molecule has 14 heteroatoms. The summed E-state index contributed by atoms with van der Waals surface area (Å²) in [5, 5.41) is 31.8. The van der Waals surface area contributed by atoms with Crippen LogP contribution in [0.1, 0.15) is 26.7 Å². The van der Waals surface area contributed by atoms with Gasteiger partial charge in [0.2, 0.25) is 5.91 Å². The molecule has 0 spiro atoms. The van der Waals surface area contributed by atoms with Gasteiger partial charge < -0.3 is 41.6 Å². The van der Waals surface area contributed by atoms with E-state index < -0.39 is 72.8 Å². The van der Waals surface area contributed by atoms with Crippen molar-refractivity contribution in [2.24, 2.45) is 16.5 Å².